The lowest BCUT2D eigenvalue weighted by atomic mass is 9.96. The second kappa shape index (κ2) is 8.91. The summed E-state index contributed by atoms with van der Waals surface area (Å²) in [4.78, 5) is 62.1. The van der Waals surface area contributed by atoms with Gasteiger partial charge in [0.1, 0.15) is 5.75 Å². The molecule has 2 saturated heterocycles. The Kier molecular flexibility index (Phi) is 6.61. The number of para-hydroxylation sites is 1. The lowest BCUT2D eigenvalue weighted by Crippen LogP contribution is -2.72. The molecule has 11 heteroatoms. The van der Waals surface area contributed by atoms with E-state index in [1.165, 1.54) is 13.8 Å². The molecule has 2 aliphatic heterocycles. The molecule has 2 heterocycles. The fraction of sp³-hybridized carbons (Fsp3) is 0.476. The van der Waals surface area contributed by atoms with Gasteiger partial charge < -0.3 is 19.3 Å². The largest absolute Gasteiger partial charge is 0.614 e. The van der Waals surface area contributed by atoms with Crippen LogP contribution in [0.25, 0.3) is 0 Å². The quantitative estimate of drug-likeness (QED) is 0.240. The zero-order chi connectivity index (χ0) is 23.8. The van der Waals surface area contributed by atoms with Gasteiger partial charge in [-0.25, -0.2) is 4.79 Å². The second-order valence-electron chi connectivity index (χ2n) is 8.12. The lowest BCUT2D eigenvalue weighted by Gasteiger charge is -2.41. The van der Waals surface area contributed by atoms with E-state index in [1.54, 1.807) is 30.3 Å². The van der Waals surface area contributed by atoms with Gasteiger partial charge >= 0.3 is 5.97 Å². The summed E-state index contributed by atoms with van der Waals surface area (Å²) >= 11 is -1.74. The van der Waals surface area contributed by atoms with Crippen LogP contribution < -0.4 is 10.1 Å². The van der Waals surface area contributed by atoms with Crippen molar-refractivity contribution in [1.29, 1.82) is 0 Å². The molecule has 0 spiro atoms. The number of β-lactam (4-membered cyclic amide) rings is 1. The summed E-state index contributed by atoms with van der Waals surface area (Å²) in [5.41, 5.74) is 0. The summed E-state index contributed by atoms with van der Waals surface area (Å²) in [6.07, 6.45) is -1.59. The molecule has 0 aromatic heterocycles. The van der Waals surface area contributed by atoms with Crippen LogP contribution in [0, 0.1) is 0 Å². The molecule has 2 fully saturated rings. The maximum Gasteiger partial charge on any atom is 0.335 e. The van der Waals surface area contributed by atoms with Crippen LogP contribution in [-0.2, 0) is 39.9 Å². The first kappa shape index (κ1) is 23.7. The van der Waals surface area contributed by atoms with Crippen LogP contribution in [0.2, 0.25) is 0 Å². The molecule has 3 rings (SSSR count). The summed E-state index contributed by atoms with van der Waals surface area (Å²) in [5, 5.41) is 1.56. The molecular formula is C21H24N2O8S. The van der Waals surface area contributed by atoms with Crippen molar-refractivity contribution in [2.24, 2.45) is 0 Å². The Balaban J connectivity index is 1.69. The normalized spacial score (nSPS) is 25.6. The van der Waals surface area contributed by atoms with E-state index in [-0.39, 0.29) is 6.61 Å². The van der Waals surface area contributed by atoms with E-state index in [4.69, 9.17) is 9.47 Å². The highest BCUT2D eigenvalue weighted by Crippen LogP contribution is 2.46. The van der Waals surface area contributed by atoms with Crippen LogP contribution >= 0.6 is 0 Å². The smallest absolute Gasteiger partial charge is 0.335 e. The first-order valence-corrected chi connectivity index (χ1v) is 11.1. The maximum absolute atomic E-state index is 13.1. The van der Waals surface area contributed by atoms with Crippen molar-refractivity contribution < 1.29 is 38.0 Å². The van der Waals surface area contributed by atoms with Crippen molar-refractivity contribution in [2.75, 3.05) is 6.61 Å². The lowest BCUT2D eigenvalue weighted by molar-refractivity contribution is -0.171. The van der Waals surface area contributed by atoms with Gasteiger partial charge in [0.15, 0.2) is 35.0 Å². The Bertz CT molecular complexity index is 936. The number of benzene rings is 1. The SMILES string of the molecule is CC(=O)C(OC(=O)[C@@H]1N2C(=O)[C@@H](NC(=O)COc3ccccc3)[C@H]2[S+]([O-])C1(C)C)C(C)=O. The minimum absolute atomic E-state index is 0.346. The molecule has 172 valence electrons. The summed E-state index contributed by atoms with van der Waals surface area (Å²) in [7, 11) is 0. The molecule has 0 aliphatic carbocycles. The van der Waals surface area contributed by atoms with E-state index in [9.17, 15) is 28.5 Å². The number of nitrogens with one attached hydrogen (secondary N) is 1. The number of carbonyl (C=O) groups is 5. The Morgan fingerprint density at radius 2 is 1.75 bits per heavy atom. The van der Waals surface area contributed by atoms with E-state index in [0.29, 0.717) is 5.75 Å². The van der Waals surface area contributed by atoms with Gasteiger partial charge in [-0.3, -0.25) is 24.1 Å². The van der Waals surface area contributed by atoms with Crippen molar-refractivity contribution in [3.05, 3.63) is 30.3 Å². The fourth-order valence-electron chi connectivity index (χ4n) is 3.79. The number of rotatable bonds is 8. The zero-order valence-corrected chi connectivity index (χ0v) is 18.8. The monoisotopic (exact) mass is 464 g/mol. The molecule has 1 aromatic rings. The van der Waals surface area contributed by atoms with E-state index in [0.717, 1.165) is 18.7 Å². The molecule has 1 unspecified atom stereocenters. The summed E-state index contributed by atoms with van der Waals surface area (Å²) in [6, 6.07) is 6.26. The average Bonchev–Trinajstić information content (AvgIpc) is 2.92. The summed E-state index contributed by atoms with van der Waals surface area (Å²) < 4.78 is 22.3. The van der Waals surface area contributed by atoms with Gasteiger partial charge in [-0.2, -0.15) is 0 Å². The number of amides is 2. The number of Topliss-reactive ketones (excluding diaryl/α,β-unsaturated/α-hetero) is 2. The van der Waals surface area contributed by atoms with E-state index < -0.39 is 68.8 Å². The van der Waals surface area contributed by atoms with Gasteiger partial charge in [0.25, 0.3) is 11.8 Å². The molecule has 1 N–H and O–H groups in total. The van der Waals surface area contributed by atoms with E-state index in [2.05, 4.69) is 5.32 Å². The van der Waals surface area contributed by atoms with Gasteiger partial charge in [0.2, 0.25) is 11.5 Å². The predicted molar refractivity (Wildman–Crippen MR) is 112 cm³/mol. The van der Waals surface area contributed by atoms with Crippen LogP contribution in [0.15, 0.2) is 30.3 Å². The van der Waals surface area contributed by atoms with Crippen LogP contribution in [0.4, 0.5) is 0 Å². The number of ether oxygens (including phenoxy) is 2. The third-order valence-electron chi connectivity index (χ3n) is 5.38. The first-order valence-electron chi connectivity index (χ1n) is 9.88. The Morgan fingerprint density at radius 3 is 2.31 bits per heavy atom. The Labute approximate surface area is 187 Å². The van der Waals surface area contributed by atoms with Crippen LogP contribution in [0.1, 0.15) is 27.7 Å². The Morgan fingerprint density at radius 1 is 1.16 bits per heavy atom. The van der Waals surface area contributed by atoms with Crippen molar-refractivity contribution >= 4 is 40.5 Å². The standard InChI is InChI=1S/C21H24N2O8S/c1-11(24)16(12(2)25)31-20(28)17-21(3,4)32(29)19-15(18(27)23(17)19)22-14(26)10-30-13-8-6-5-7-9-13/h5-9,15-17,19H,10H2,1-4H3,(H,22,26)/t15-,17+,19-,32?/m1/s1. The number of hydrogen-bond acceptors (Lipinski definition) is 8. The number of hydrogen-bond donors (Lipinski definition) is 1. The van der Waals surface area contributed by atoms with Crippen molar-refractivity contribution in [1.82, 2.24) is 10.2 Å². The van der Waals surface area contributed by atoms with Gasteiger partial charge in [0.05, 0.1) is 0 Å². The molecule has 0 bridgehead atoms. The third-order valence-corrected chi connectivity index (χ3v) is 7.58. The third kappa shape index (κ3) is 4.22. The molecule has 1 aromatic carbocycles. The highest BCUT2D eigenvalue weighted by atomic mass is 32.2. The van der Waals surface area contributed by atoms with Crippen molar-refractivity contribution in [2.45, 2.75) is 56.0 Å². The molecule has 0 radical (unpaired) electrons. The summed E-state index contributed by atoms with van der Waals surface area (Å²) in [5.74, 6) is -3.02. The molecular weight excluding hydrogens is 440 g/mol. The van der Waals surface area contributed by atoms with E-state index in [1.807, 2.05) is 0 Å². The topological polar surface area (TPSA) is 142 Å². The van der Waals surface area contributed by atoms with Crippen molar-refractivity contribution in [3.8, 4) is 5.75 Å². The number of fused-ring (bicyclic) bond motifs is 1. The van der Waals surface area contributed by atoms with Crippen LogP contribution in [-0.4, -0.2) is 73.7 Å². The minimum atomic E-state index is -1.74. The van der Waals surface area contributed by atoms with Gasteiger partial charge in [-0.15, -0.1) is 0 Å². The van der Waals surface area contributed by atoms with Gasteiger partial charge in [0, 0.05) is 0 Å². The molecule has 0 saturated carbocycles. The highest BCUT2D eigenvalue weighted by molar-refractivity contribution is 7.94. The number of carbonyl (C=O) groups excluding carboxylic acids is 5. The molecule has 4 atom stereocenters. The van der Waals surface area contributed by atoms with Crippen LogP contribution in [0.3, 0.4) is 0 Å². The highest BCUT2D eigenvalue weighted by Gasteiger charge is 2.73. The van der Waals surface area contributed by atoms with Gasteiger partial charge in [-0.1, -0.05) is 18.2 Å². The molecule has 2 amide bonds. The molecule has 2 aliphatic rings. The maximum atomic E-state index is 13.1. The average molecular weight is 464 g/mol. The van der Waals surface area contributed by atoms with E-state index >= 15 is 0 Å². The number of nitrogens with zero attached hydrogens (tertiary/aromatic N) is 1. The van der Waals surface area contributed by atoms with Crippen LogP contribution in [0.5, 0.6) is 5.75 Å². The Hall–Kier alpha value is -2.92. The molecule has 10 nitrogen and oxygen atoms in total. The summed E-state index contributed by atoms with van der Waals surface area (Å²) in [6.45, 7) is 4.92. The van der Waals surface area contributed by atoms with Gasteiger partial charge in [-0.05, 0) is 51.0 Å². The number of esters is 1. The molecule has 32 heavy (non-hydrogen) atoms. The number of ketones is 2. The first-order chi connectivity index (χ1) is 15.0. The minimum Gasteiger partial charge on any atom is -0.614 e. The second-order valence-corrected chi connectivity index (χ2v) is 10.3. The zero-order valence-electron chi connectivity index (χ0n) is 18.0. The van der Waals surface area contributed by atoms with Crippen molar-refractivity contribution in [3.63, 3.8) is 0 Å². The fourth-order valence-corrected chi connectivity index (χ4v) is 5.70. The predicted octanol–water partition coefficient (Wildman–Crippen LogP) is -0.282.